The van der Waals surface area contributed by atoms with Crippen LogP contribution in [0.3, 0.4) is 0 Å². The van der Waals surface area contributed by atoms with Gasteiger partial charge < -0.3 is 15.1 Å². The highest BCUT2D eigenvalue weighted by atomic mass is 16.2. The van der Waals surface area contributed by atoms with E-state index in [1.807, 2.05) is 88.2 Å². The first-order chi connectivity index (χ1) is 15.7. The molecule has 170 valence electrons. The smallest absolute Gasteiger partial charge is 0.230 e. The van der Waals surface area contributed by atoms with Crippen LogP contribution in [0.1, 0.15) is 28.9 Å². The average Bonchev–Trinajstić information content (AvgIpc) is 3.16. The molecule has 1 fully saturated rings. The quantitative estimate of drug-likeness (QED) is 0.629. The minimum Gasteiger partial charge on any atom is -0.326 e. The van der Waals surface area contributed by atoms with Crippen molar-refractivity contribution >= 4 is 34.8 Å². The van der Waals surface area contributed by atoms with Crippen LogP contribution < -0.4 is 15.1 Å². The molecular weight excluding hydrogens is 414 g/mol. The summed E-state index contributed by atoms with van der Waals surface area (Å²) in [5.74, 6) is 0.0768. The molecule has 0 radical (unpaired) electrons. The molecule has 2 aromatic carbocycles. The van der Waals surface area contributed by atoms with Crippen molar-refractivity contribution in [2.24, 2.45) is 5.92 Å². The molecule has 1 N–H and O–H groups in total. The number of hydrogen-bond donors (Lipinski definition) is 1. The molecule has 1 unspecified atom stereocenters. The number of benzene rings is 2. The summed E-state index contributed by atoms with van der Waals surface area (Å²) in [5.41, 5.74) is 6.43. The third kappa shape index (κ3) is 4.87. The Morgan fingerprint density at radius 1 is 1.00 bits per heavy atom. The van der Waals surface area contributed by atoms with Crippen LogP contribution in [0.2, 0.25) is 0 Å². The third-order valence-corrected chi connectivity index (χ3v) is 5.94. The van der Waals surface area contributed by atoms with Gasteiger partial charge in [0.15, 0.2) is 0 Å². The van der Waals surface area contributed by atoms with Crippen molar-refractivity contribution in [3.8, 4) is 0 Å². The molecule has 2 amide bonds. The Labute approximate surface area is 194 Å². The van der Waals surface area contributed by atoms with Gasteiger partial charge >= 0.3 is 0 Å². The summed E-state index contributed by atoms with van der Waals surface area (Å²) < 4.78 is 0. The Hall–Kier alpha value is -3.74. The Morgan fingerprint density at radius 2 is 1.67 bits per heavy atom. The van der Waals surface area contributed by atoms with Gasteiger partial charge in [-0.2, -0.15) is 0 Å². The second-order valence-corrected chi connectivity index (χ2v) is 8.74. The Kier molecular flexibility index (Phi) is 6.14. The van der Waals surface area contributed by atoms with Gasteiger partial charge in [0.05, 0.1) is 5.92 Å². The predicted octanol–water partition coefficient (Wildman–Crippen LogP) is 4.47. The van der Waals surface area contributed by atoms with Crippen LogP contribution in [0, 0.1) is 33.6 Å². The van der Waals surface area contributed by atoms with Gasteiger partial charge in [-0.15, -0.1) is 0 Å². The number of carbonyl (C=O) groups is 2. The van der Waals surface area contributed by atoms with E-state index in [9.17, 15) is 9.59 Å². The highest BCUT2D eigenvalue weighted by molar-refractivity contribution is 6.04. The van der Waals surface area contributed by atoms with Crippen molar-refractivity contribution in [2.45, 2.75) is 34.1 Å². The van der Waals surface area contributed by atoms with E-state index in [-0.39, 0.29) is 24.2 Å². The van der Waals surface area contributed by atoms with Crippen LogP contribution in [0.15, 0.2) is 48.5 Å². The molecule has 0 spiro atoms. The first-order valence-corrected chi connectivity index (χ1v) is 11.1. The van der Waals surface area contributed by atoms with Crippen LogP contribution in [-0.2, 0) is 9.59 Å². The van der Waals surface area contributed by atoms with E-state index in [0.29, 0.717) is 18.2 Å². The summed E-state index contributed by atoms with van der Waals surface area (Å²) in [4.78, 5) is 38.1. The van der Waals surface area contributed by atoms with Gasteiger partial charge in [0.25, 0.3) is 0 Å². The zero-order valence-corrected chi connectivity index (χ0v) is 19.7. The first kappa shape index (κ1) is 22.5. The monoisotopic (exact) mass is 443 g/mol. The molecule has 3 aromatic rings. The molecule has 0 saturated carbocycles. The molecule has 33 heavy (non-hydrogen) atoms. The number of anilines is 4. The maximum Gasteiger partial charge on any atom is 0.230 e. The van der Waals surface area contributed by atoms with Gasteiger partial charge in [-0.05, 0) is 75.2 Å². The summed E-state index contributed by atoms with van der Waals surface area (Å²) in [6.45, 7) is 8.26. The maximum absolute atomic E-state index is 12.9. The fraction of sp³-hybridized carbons (Fsp3) is 0.308. The summed E-state index contributed by atoms with van der Waals surface area (Å²) in [6, 6.07) is 15.5. The van der Waals surface area contributed by atoms with Crippen LogP contribution >= 0.6 is 0 Å². The minimum absolute atomic E-state index is 0.0192. The van der Waals surface area contributed by atoms with Gasteiger partial charge in [0.2, 0.25) is 17.8 Å². The number of aromatic nitrogens is 2. The van der Waals surface area contributed by atoms with E-state index in [1.165, 1.54) is 0 Å². The molecule has 1 aromatic heterocycles. The Balaban J connectivity index is 1.43. The van der Waals surface area contributed by atoms with E-state index < -0.39 is 0 Å². The standard InChI is InChI=1S/C26H29N5O2/c1-16-6-7-17(2)23(12-16)31-15-20(14-24(31)32)25(33)29-21-8-10-22(11-9-21)30(5)26-27-18(3)13-19(4)28-26/h6-13,20H,14-15H2,1-5H3,(H,29,33). The fourth-order valence-electron chi connectivity index (χ4n) is 4.11. The second-order valence-electron chi connectivity index (χ2n) is 8.74. The Morgan fingerprint density at radius 3 is 2.33 bits per heavy atom. The largest absolute Gasteiger partial charge is 0.326 e. The molecule has 2 heterocycles. The number of hydrogen-bond acceptors (Lipinski definition) is 5. The lowest BCUT2D eigenvalue weighted by Crippen LogP contribution is -2.28. The number of amides is 2. The van der Waals surface area contributed by atoms with Crippen LogP contribution in [-0.4, -0.2) is 35.4 Å². The maximum atomic E-state index is 12.9. The molecule has 7 heteroatoms. The van der Waals surface area contributed by atoms with Crippen molar-refractivity contribution in [1.29, 1.82) is 0 Å². The summed E-state index contributed by atoms with van der Waals surface area (Å²) in [5, 5.41) is 2.96. The molecule has 0 bridgehead atoms. The second kappa shape index (κ2) is 9.02. The number of nitrogens with zero attached hydrogens (tertiary/aromatic N) is 4. The normalized spacial score (nSPS) is 15.6. The van der Waals surface area contributed by atoms with Crippen molar-refractivity contribution in [2.75, 3.05) is 28.7 Å². The van der Waals surface area contributed by atoms with Gasteiger partial charge in [0.1, 0.15) is 0 Å². The van der Waals surface area contributed by atoms with E-state index in [0.717, 1.165) is 33.9 Å². The first-order valence-electron chi connectivity index (χ1n) is 11.1. The number of aryl methyl sites for hydroxylation is 4. The van der Waals surface area contributed by atoms with Gasteiger partial charge in [-0.1, -0.05) is 12.1 Å². The molecule has 1 aliphatic rings. The lowest BCUT2D eigenvalue weighted by atomic mass is 10.1. The van der Waals surface area contributed by atoms with Crippen LogP contribution in [0.5, 0.6) is 0 Å². The fourth-order valence-corrected chi connectivity index (χ4v) is 4.11. The minimum atomic E-state index is -0.386. The highest BCUT2D eigenvalue weighted by Crippen LogP contribution is 2.30. The van der Waals surface area contributed by atoms with E-state index in [2.05, 4.69) is 15.3 Å². The predicted molar refractivity (Wildman–Crippen MR) is 131 cm³/mol. The molecule has 0 aliphatic carbocycles. The lowest BCUT2D eigenvalue weighted by molar-refractivity contribution is -0.122. The van der Waals surface area contributed by atoms with E-state index in [1.54, 1.807) is 4.90 Å². The molecule has 7 nitrogen and oxygen atoms in total. The molecular formula is C26H29N5O2. The third-order valence-electron chi connectivity index (χ3n) is 5.94. The topological polar surface area (TPSA) is 78.4 Å². The van der Waals surface area contributed by atoms with Crippen LogP contribution in [0.25, 0.3) is 0 Å². The number of nitrogens with one attached hydrogen (secondary N) is 1. The van der Waals surface area contributed by atoms with Crippen molar-refractivity contribution in [1.82, 2.24) is 9.97 Å². The van der Waals surface area contributed by atoms with Gasteiger partial charge in [0, 0.05) is 48.5 Å². The molecule has 1 saturated heterocycles. The van der Waals surface area contributed by atoms with E-state index in [4.69, 9.17) is 0 Å². The summed E-state index contributed by atoms with van der Waals surface area (Å²) in [6.07, 6.45) is 0.212. The van der Waals surface area contributed by atoms with E-state index >= 15 is 0 Å². The van der Waals surface area contributed by atoms with Gasteiger partial charge in [-0.3, -0.25) is 9.59 Å². The van der Waals surface area contributed by atoms with Gasteiger partial charge in [-0.25, -0.2) is 9.97 Å². The molecule has 1 aliphatic heterocycles. The lowest BCUT2D eigenvalue weighted by Gasteiger charge is -2.20. The zero-order chi connectivity index (χ0) is 23.7. The Bertz CT molecular complexity index is 1190. The number of rotatable bonds is 5. The summed E-state index contributed by atoms with van der Waals surface area (Å²) >= 11 is 0. The average molecular weight is 444 g/mol. The SMILES string of the molecule is Cc1ccc(C)c(N2CC(C(=O)Nc3ccc(N(C)c4nc(C)cc(C)n4)cc3)CC2=O)c1. The molecule has 1 atom stereocenters. The highest BCUT2D eigenvalue weighted by Gasteiger charge is 2.35. The van der Waals surface area contributed by atoms with Crippen molar-refractivity contribution in [3.63, 3.8) is 0 Å². The number of carbonyl (C=O) groups excluding carboxylic acids is 2. The zero-order valence-electron chi connectivity index (χ0n) is 19.7. The summed E-state index contributed by atoms with van der Waals surface area (Å²) in [7, 11) is 1.91. The van der Waals surface area contributed by atoms with Crippen LogP contribution in [0.4, 0.5) is 23.0 Å². The van der Waals surface area contributed by atoms with Crippen molar-refractivity contribution in [3.05, 3.63) is 71.0 Å². The van der Waals surface area contributed by atoms with Crippen molar-refractivity contribution < 1.29 is 9.59 Å². The molecule has 4 rings (SSSR count).